The Hall–Kier alpha value is -2.98. The monoisotopic (exact) mass is 474 g/mol. The number of carboxylic acid groups (broad SMARTS) is 2. The maximum Gasteiger partial charge on any atom is 0.329 e. The number of carboxylic acids is 2. The highest BCUT2D eigenvalue weighted by atomic mass is 16.6. The van der Waals surface area contributed by atoms with Crippen LogP contribution in [0.2, 0.25) is 0 Å². The topological polar surface area (TPSA) is 147 Å². The van der Waals surface area contributed by atoms with Gasteiger partial charge in [-0.15, -0.1) is 0 Å². The molecule has 10 nitrogen and oxygen atoms in total. The van der Waals surface area contributed by atoms with E-state index < -0.39 is 24.1 Å². The van der Waals surface area contributed by atoms with Crippen LogP contribution in [0.15, 0.2) is 34.4 Å². The number of hydrogen-bond donors (Lipinski definition) is 3. The van der Waals surface area contributed by atoms with Crippen LogP contribution in [0.5, 0.6) is 0 Å². The molecule has 0 spiro atoms. The Morgan fingerprint density at radius 1 is 1.24 bits per heavy atom. The Labute approximate surface area is 199 Å². The van der Waals surface area contributed by atoms with Crippen molar-refractivity contribution in [3.05, 3.63) is 35.4 Å². The van der Waals surface area contributed by atoms with Gasteiger partial charge in [0.25, 0.3) is 0 Å². The van der Waals surface area contributed by atoms with Gasteiger partial charge in [0.15, 0.2) is 0 Å². The van der Waals surface area contributed by atoms with Gasteiger partial charge in [0.2, 0.25) is 0 Å². The van der Waals surface area contributed by atoms with E-state index in [1.54, 1.807) is 0 Å². The van der Waals surface area contributed by atoms with Crippen LogP contribution < -0.4 is 5.73 Å². The van der Waals surface area contributed by atoms with Crippen molar-refractivity contribution in [3.8, 4) is 0 Å². The van der Waals surface area contributed by atoms with E-state index in [1.807, 2.05) is 29.2 Å². The molecule has 1 aromatic rings. The first-order chi connectivity index (χ1) is 16.3. The highest BCUT2D eigenvalue weighted by Gasteiger charge is 2.40. The third-order valence-electron chi connectivity index (χ3n) is 6.27. The third-order valence-corrected chi connectivity index (χ3v) is 6.27. The van der Waals surface area contributed by atoms with Crippen LogP contribution >= 0.6 is 0 Å². The van der Waals surface area contributed by atoms with Crippen molar-refractivity contribution in [2.45, 2.75) is 57.2 Å². The second-order valence-electron chi connectivity index (χ2n) is 8.91. The quantitative estimate of drug-likeness (QED) is 0.237. The number of piperidine rings is 1. The number of rotatable bonds is 12. The highest BCUT2D eigenvalue weighted by Crippen LogP contribution is 2.34. The number of aliphatic imine (C=N–C) groups is 1. The fourth-order valence-electron chi connectivity index (χ4n) is 4.34. The molecule has 1 saturated heterocycles. The first-order valence-corrected chi connectivity index (χ1v) is 11.7. The summed E-state index contributed by atoms with van der Waals surface area (Å²) in [5.74, 6) is -1.39. The van der Waals surface area contributed by atoms with E-state index in [0.29, 0.717) is 51.2 Å². The van der Waals surface area contributed by atoms with Crippen molar-refractivity contribution in [1.82, 2.24) is 4.90 Å². The van der Waals surface area contributed by atoms with Gasteiger partial charge in [0.05, 0.1) is 17.9 Å². The molecule has 3 rings (SSSR count). The molecule has 0 aliphatic carbocycles. The second kappa shape index (κ2) is 11.9. The zero-order valence-corrected chi connectivity index (χ0v) is 19.6. The van der Waals surface area contributed by atoms with E-state index in [-0.39, 0.29) is 12.6 Å². The molecule has 1 fully saturated rings. The van der Waals surface area contributed by atoms with Gasteiger partial charge in [0.1, 0.15) is 18.5 Å². The van der Waals surface area contributed by atoms with Crippen molar-refractivity contribution in [1.29, 1.82) is 0 Å². The maximum atomic E-state index is 11.1. The van der Waals surface area contributed by atoms with Crippen LogP contribution in [0.3, 0.4) is 0 Å². The van der Waals surface area contributed by atoms with Gasteiger partial charge in [-0.3, -0.25) is 14.7 Å². The lowest BCUT2D eigenvalue weighted by Gasteiger charge is -2.41. The first kappa shape index (κ1) is 25.6. The van der Waals surface area contributed by atoms with Crippen LogP contribution in [0, 0.1) is 0 Å². The van der Waals surface area contributed by atoms with Gasteiger partial charge in [-0.25, -0.2) is 4.79 Å². The van der Waals surface area contributed by atoms with Gasteiger partial charge in [0, 0.05) is 38.0 Å². The Kier molecular flexibility index (Phi) is 9.00. The predicted molar refractivity (Wildman–Crippen MR) is 127 cm³/mol. The molecule has 4 N–H and O–H groups in total. The summed E-state index contributed by atoms with van der Waals surface area (Å²) in [6, 6.07) is 7.74. The summed E-state index contributed by atoms with van der Waals surface area (Å²) in [4.78, 5) is 34.1. The van der Waals surface area contributed by atoms with Crippen molar-refractivity contribution < 1.29 is 29.4 Å². The number of amidine groups is 1. The van der Waals surface area contributed by atoms with E-state index in [1.165, 1.54) is 0 Å². The highest BCUT2D eigenvalue weighted by molar-refractivity contribution is 6.03. The molecule has 1 unspecified atom stereocenters. The molecule has 34 heavy (non-hydrogen) atoms. The molecular formula is C24H34N4O6. The molecule has 0 amide bonds. The zero-order chi connectivity index (χ0) is 24.6. The van der Waals surface area contributed by atoms with E-state index in [0.717, 1.165) is 29.7 Å². The van der Waals surface area contributed by atoms with Crippen LogP contribution in [0.25, 0.3) is 0 Å². The summed E-state index contributed by atoms with van der Waals surface area (Å²) in [7, 11) is 0. The summed E-state index contributed by atoms with van der Waals surface area (Å²) in [5.41, 5.74) is 8.00. The zero-order valence-electron chi connectivity index (χ0n) is 19.6. The molecule has 1 aromatic carbocycles. The SMILES string of the molecule is CCCCN=C(N)c1ccc(C2=NOC(CC3(OCC(=O)O)CCN(CC(=O)O)CC3)C2)cc1. The number of oxime groups is 1. The molecule has 0 bridgehead atoms. The minimum Gasteiger partial charge on any atom is -0.480 e. The molecule has 186 valence electrons. The van der Waals surface area contributed by atoms with Crippen molar-refractivity contribution in [3.63, 3.8) is 0 Å². The number of nitrogens with zero attached hydrogens (tertiary/aromatic N) is 3. The van der Waals surface area contributed by atoms with E-state index in [2.05, 4.69) is 17.1 Å². The molecule has 2 heterocycles. The number of aliphatic carboxylic acids is 2. The average Bonchev–Trinajstić information content (AvgIpc) is 3.27. The lowest BCUT2D eigenvalue weighted by atomic mass is 9.84. The average molecular weight is 475 g/mol. The van der Waals surface area contributed by atoms with Crippen molar-refractivity contribution >= 4 is 23.5 Å². The summed E-state index contributed by atoms with van der Waals surface area (Å²) < 4.78 is 5.84. The maximum absolute atomic E-state index is 11.1. The van der Waals surface area contributed by atoms with Crippen LogP contribution in [-0.4, -0.2) is 83.1 Å². The van der Waals surface area contributed by atoms with Crippen molar-refractivity contribution in [2.75, 3.05) is 32.8 Å². The number of benzene rings is 1. The Morgan fingerprint density at radius 3 is 2.56 bits per heavy atom. The molecule has 0 aromatic heterocycles. The van der Waals surface area contributed by atoms with Crippen LogP contribution in [0.4, 0.5) is 0 Å². The lowest BCUT2D eigenvalue weighted by molar-refractivity contribution is -0.159. The normalized spacial score (nSPS) is 20.6. The van der Waals surface area contributed by atoms with E-state index in [4.69, 9.17) is 25.5 Å². The van der Waals surface area contributed by atoms with E-state index in [9.17, 15) is 9.59 Å². The largest absolute Gasteiger partial charge is 0.480 e. The molecule has 10 heteroatoms. The summed E-state index contributed by atoms with van der Waals surface area (Å²) in [6.45, 7) is 3.44. The Balaban J connectivity index is 1.59. The van der Waals surface area contributed by atoms with Gasteiger partial charge in [-0.1, -0.05) is 42.8 Å². The molecule has 2 aliphatic rings. The number of likely N-dealkylation sites (tertiary alicyclic amines) is 1. The molecular weight excluding hydrogens is 440 g/mol. The number of unbranched alkanes of at least 4 members (excludes halogenated alkanes) is 1. The number of nitrogens with two attached hydrogens (primary N) is 1. The van der Waals surface area contributed by atoms with Gasteiger partial charge in [-0.2, -0.15) is 0 Å². The molecule has 0 radical (unpaired) electrons. The van der Waals surface area contributed by atoms with Crippen molar-refractivity contribution in [2.24, 2.45) is 15.9 Å². The smallest absolute Gasteiger partial charge is 0.329 e. The Morgan fingerprint density at radius 2 is 1.94 bits per heavy atom. The summed E-state index contributed by atoms with van der Waals surface area (Å²) in [5, 5.41) is 22.4. The standard InChI is InChI=1S/C24H34N4O6/c1-2-3-10-26-23(25)18-6-4-17(5-7-18)20-13-19(34-27-20)14-24(33-16-22(31)32)8-11-28(12-9-24)15-21(29)30/h4-7,19H,2-3,8-16H2,1H3,(H2,25,26)(H,29,30)(H,31,32). The Bertz CT molecular complexity index is 907. The third kappa shape index (κ3) is 7.26. The number of ether oxygens (including phenoxy) is 1. The van der Waals surface area contributed by atoms with Crippen LogP contribution in [-0.2, 0) is 19.2 Å². The lowest BCUT2D eigenvalue weighted by Crippen LogP contribution is -2.49. The van der Waals surface area contributed by atoms with Gasteiger partial charge < -0.3 is 25.5 Å². The fourth-order valence-corrected chi connectivity index (χ4v) is 4.34. The van der Waals surface area contributed by atoms with Crippen LogP contribution in [0.1, 0.15) is 56.6 Å². The number of carbonyl (C=O) groups is 2. The molecule has 2 aliphatic heterocycles. The van der Waals surface area contributed by atoms with Gasteiger partial charge >= 0.3 is 11.9 Å². The second-order valence-corrected chi connectivity index (χ2v) is 8.91. The number of hydrogen-bond acceptors (Lipinski definition) is 7. The summed E-state index contributed by atoms with van der Waals surface area (Å²) >= 11 is 0. The fraction of sp³-hybridized carbons (Fsp3) is 0.583. The minimum absolute atomic E-state index is 0.0357. The predicted octanol–water partition coefficient (Wildman–Crippen LogP) is 2.10. The van der Waals surface area contributed by atoms with E-state index >= 15 is 0 Å². The first-order valence-electron chi connectivity index (χ1n) is 11.7. The molecule has 1 atom stereocenters. The molecule has 0 saturated carbocycles. The van der Waals surface area contributed by atoms with Gasteiger partial charge in [-0.05, 0) is 24.8 Å². The minimum atomic E-state index is -1.03. The summed E-state index contributed by atoms with van der Waals surface area (Å²) in [6.07, 6.45) is 3.97.